The molecule has 2 N–H and O–H groups in total. The summed E-state index contributed by atoms with van der Waals surface area (Å²) in [4.78, 5) is 0. The number of piperidine rings is 1. The molecular formula is C9H16BrN5O2S. The molecule has 0 spiro atoms. The average molecular weight is 338 g/mol. The topological polar surface area (TPSA) is 88.9 Å². The zero-order chi connectivity index (χ0) is 13.3. The highest BCUT2D eigenvalue weighted by molar-refractivity contribution is 9.10. The lowest BCUT2D eigenvalue weighted by Gasteiger charge is -2.29. The standard InChI is InChI=1S/C9H16BrN5O2S/c1-6-3-4-11-5-7(6)13-18(16,17)9-8(10)12-14-15(9)2/h6-7,11,13H,3-5H2,1-2H3/t6-,7+/m0/s1. The number of hydrogen-bond donors (Lipinski definition) is 2. The van der Waals surface area contributed by atoms with E-state index in [1.54, 1.807) is 7.05 Å². The van der Waals surface area contributed by atoms with E-state index in [4.69, 9.17) is 0 Å². The van der Waals surface area contributed by atoms with E-state index < -0.39 is 10.0 Å². The van der Waals surface area contributed by atoms with Crippen LogP contribution in [0.5, 0.6) is 0 Å². The van der Waals surface area contributed by atoms with Crippen molar-refractivity contribution in [1.82, 2.24) is 25.0 Å². The van der Waals surface area contributed by atoms with Gasteiger partial charge in [0.2, 0.25) is 5.03 Å². The minimum Gasteiger partial charge on any atom is -0.315 e. The maximum absolute atomic E-state index is 12.3. The van der Waals surface area contributed by atoms with Crippen molar-refractivity contribution >= 4 is 26.0 Å². The lowest BCUT2D eigenvalue weighted by molar-refractivity contribution is 0.326. The molecule has 0 bridgehead atoms. The zero-order valence-corrected chi connectivity index (χ0v) is 12.6. The van der Waals surface area contributed by atoms with E-state index in [2.05, 4.69) is 36.3 Å². The minimum atomic E-state index is -3.61. The van der Waals surface area contributed by atoms with Crippen LogP contribution in [0.2, 0.25) is 0 Å². The van der Waals surface area contributed by atoms with Crippen LogP contribution in [0.15, 0.2) is 9.63 Å². The zero-order valence-electron chi connectivity index (χ0n) is 10.2. The average Bonchev–Trinajstić information content (AvgIpc) is 2.62. The molecule has 1 fully saturated rings. The summed E-state index contributed by atoms with van der Waals surface area (Å²) in [7, 11) is -2.06. The summed E-state index contributed by atoms with van der Waals surface area (Å²) >= 11 is 3.10. The van der Waals surface area contributed by atoms with Gasteiger partial charge in [0.25, 0.3) is 10.0 Å². The molecule has 0 saturated carbocycles. The van der Waals surface area contributed by atoms with Crippen LogP contribution in [0.25, 0.3) is 0 Å². The molecule has 1 saturated heterocycles. The number of rotatable bonds is 3. The second kappa shape index (κ2) is 5.24. The van der Waals surface area contributed by atoms with Gasteiger partial charge in [-0.15, -0.1) is 5.10 Å². The van der Waals surface area contributed by atoms with Crippen LogP contribution in [0.3, 0.4) is 0 Å². The maximum atomic E-state index is 12.3. The molecule has 1 aliphatic heterocycles. The number of aromatic nitrogens is 3. The third-order valence-electron chi connectivity index (χ3n) is 3.13. The first kappa shape index (κ1) is 13.9. The van der Waals surface area contributed by atoms with Gasteiger partial charge >= 0.3 is 0 Å². The van der Waals surface area contributed by atoms with Crippen LogP contribution in [0, 0.1) is 5.92 Å². The van der Waals surface area contributed by atoms with Gasteiger partial charge in [0.15, 0.2) is 4.60 Å². The van der Waals surface area contributed by atoms with Crippen molar-refractivity contribution in [3.63, 3.8) is 0 Å². The van der Waals surface area contributed by atoms with Gasteiger partial charge in [0.1, 0.15) is 0 Å². The molecule has 2 rings (SSSR count). The summed E-state index contributed by atoms with van der Waals surface area (Å²) in [6.45, 7) is 3.62. The number of hydrogen-bond acceptors (Lipinski definition) is 5. The summed E-state index contributed by atoms with van der Waals surface area (Å²) in [5.41, 5.74) is 0. The van der Waals surface area contributed by atoms with Crippen LogP contribution in [-0.4, -0.2) is 42.5 Å². The van der Waals surface area contributed by atoms with Crippen molar-refractivity contribution in [3.8, 4) is 0 Å². The van der Waals surface area contributed by atoms with Crippen LogP contribution >= 0.6 is 15.9 Å². The second-order valence-electron chi connectivity index (χ2n) is 4.51. The van der Waals surface area contributed by atoms with Crippen molar-refractivity contribution in [1.29, 1.82) is 0 Å². The Hall–Kier alpha value is -0.510. The number of halogens is 1. The van der Waals surface area contributed by atoms with Gasteiger partial charge in [-0.2, -0.15) is 0 Å². The van der Waals surface area contributed by atoms with Gasteiger partial charge in [0.05, 0.1) is 0 Å². The number of sulfonamides is 1. The van der Waals surface area contributed by atoms with Crippen LogP contribution in [0.4, 0.5) is 0 Å². The SMILES string of the molecule is C[C@H]1CCNC[C@H]1NS(=O)(=O)c1c(Br)nnn1C. The lowest BCUT2D eigenvalue weighted by Crippen LogP contribution is -2.50. The summed E-state index contributed by atoms with van der Waals surface area (Å²) in [5, 5.41) is 10.6. The molecule has 9 heteroatoms. The third-order valence-corrected chi connectivity index (χ3v) is 5.50. The quantitative estimate of drug-likeness (QED) is 0.800. The molecule has 2 heterocycles. The van der Waals surface area contributed by atoms with Crippen molar-refractivity contribution in [2.24, 2.45) is 13.0 Å². The molecule has 2 atom stereocenters. The Labute approximate surface area is 115 Å². The molecular weight excluding hydrogens is 322 g/mol. The molecule has 1 aromatic rings. The summed E-state index contributed by atoms with van der Waals surface area (Å²) in [6.07, 6.45) is 0.956. The van der Waals surface area contributed by atoms with Gasteiger partial charge in [-0.3, -0.25) is 0 Å². The van der Waals surface area contributed by atoms with E-state index in [-0.39, 0.29) is 15.7 Å². The highest BCUT2D eigenvalue weighted by atomic mass is 79.9. The van der Waals surface area contributed by atoms with Crippen LogP contribution < -0.4 is 10.0 Å². The molecule has 0 amide bonds. The largest absolute Gasteiger partial charge is 0.315 e. The molecule has 0 aliphatic carbocycles. The first-order valence-corrected chi connectivity index (χ1v) is 7.97. The Morgan fingerprint density at radius 1 is 1.56 bits per heavy atom. The van der Waals surface area contributed by atoms with Crippen LogP contribution in [0.1, 0.15) is 13.3 Å². The molecule has 7 nitrogen and oxygen atoms in total. The van der Waals surface area contributed by atoms with E-state index in [0.717, 1.165) is 13.0 Å². The van der Waals surface area contributed by atoms with E-state index >= 15 is 0 Å². The highest BCUT2D eigenvalue weighted by Crippen LogP contribution is 2.20. The van der Waals surface area contributed by atoms with Crippen molar-refractivity contribution < 1.29 is 8.42 Å². The summed E-state index contributed by atoms with van der Waals surface area (Å²) < 4.78 is 28.7. The molecule has 0 aromatic carbocycles. The minimum absolute atomic E-state index is 0.0558. The van der Waals surface area contributed by atoms with Gasteiger partial charge < -0.3 is 5.32 Å². The van der Waals surface area contributed by atoms with E-state index in [0.29, 0.717) is 12.5 Å². The van der Waals surface area contributed by atoms with Crippen LogP contribution in [-0.2, 0) is 17.1 Å². The Balaban J connectivity index is 2.22. The fourth-order valence-corrected chi connectivity index (χ4v) is 4.45. The molecule has 18 heavy (non-hydrogen) atoms. The fraction of sp³-hybridized carbons (Fsp3) is 0.778. The van der Waals surface area contributed by atoms with Gasteiger partial charge in [0, 0.05) is 19.6 Å². The number of aryl methyl sites for hydroxylation is 1. The van der Waals surface area contributed by atoms with E-state index in [9.17, 15) is 8.42 Å². The van der Waals surface area contributed by atoms with Gasteiger partial charge in [-0.25, -0.2) is 17.8 Å². The van der Waals surface area contributed by atoms with Crippen molar-refractivity contribution in [2.45, 2.75) is 24.4 Å². The van der Waals surface area contributed by atoms with E-state index in [1.807, 2.05) is 6.92 Å². The normalized spacial score (nSPS) is 25.3. The Kier molecular flexibility index (Phi) is 4.05. The third kappa shape index (κ3) is 2.73. The first-order valence-electron chi connectivity index (χ1n) is 5.70. The Morgan fingerprint density at radius 2 is 2.28 bits per heavy atom. The summed E-state index contributed by atoms with van der Waals surface area (Å²) in [5.74, 6) is 0.306. The number of nitrogens with one attached hydrogen (secondary N) is 2. The summed E-state index contributed by atoms with van der Waals surface area (Å²) in [6, 6.07) is -0.106. The highest BCUT2D eigenvalue weighted by Gasteiger charge is 2.30. The van der Waals surface area contributed by atoms with Crippen molar-refractivity contribution in [3.05, 3.63) is 4.60 Å². The monoisotopic (exact) mass is 337 g/mol. The molecule has 102 valence electrons. The van der Waals surface area contributed by atoms with E-state index in [1.165, 1.54) is 4.68 Å². The predicted molar refractivity (Wildman–Crippen MR) is 69.5 cm³/mol. The lowest BCUT2D eigenvalue weighted by atomic mass is 9.96. The molecule has 0 radical (unpaired) electrons. The smallest absolute Gasteiger partial charge is 0.260 e. The van der Waals surface area contributed by atoms with Crippen molar-refractivity contribution in [2.75, 3.05) is 13.1 Å². The van der Waals surface area contributed by atoms with Gasteiger partial charge in [-0.1, -0.05) is 12.1 Å². The predicted octanol–water partition coefficient (Wildman–Crippen LogP) is -0.146. The van der Waals surface area contributed by atoms with Gasteiger partial charge in [-0.05, 0) is 34.8 Å². The Bertz CT molecular complexity index is 510. The molecule has 1 aliphatic rings. The fourth-order valence-electron chi connectivity index (χ4n) is 2.01. The maximum Gasteiger partial charge on any atom is 0.260 e. The first-order chi connectivity index (χ1) is 8.42. The molecule has 1 aromatic heterocycles. The second-order valence-corrected chi connectivity index (χ2v) is 6.89. The Morgan fingerprint density at radius 3 is 2.83 bits per heavy atom. The molecule has 0 unspecified atom stereocenters. The number of nitrogens with zero attached hydrogens (tertiary/aromatic N) is 3.